The van der Waals surface area contributed by atoms with Gasteiger partial charge < -0.3 is 15.3 Å². The van der Waals surface area contributed by atoms with Crippen LogP contribution in [0.1, 0.15) is 16.9 Å². The molecule has 0 bridgehead atoms. The van der Waals surface area contributed by atoms with Crippen LogP contribution in [0.2, 0.25) is 0 Å². The van der Waals surface area contributed by atoms with Crippen molar-refractivity contribution in [3.05, 3.63) is 30.1 Å². The Kier molecular flexibility index (Phi) is 4.01. The van der Waals surface area contributed by atoms with Crippen molar-refractivity contribution in [3.8, 4) is 0 Å². The van der Waals surface area contributed by atoms with Gasteiger partial charge in [-0.3, -0.25) is 4.40 Å². The molecule has 2 aromatic rings. The molecule has 0 spiro atoms. The summed E-state index contributed by atoms with van der Waals surface area (Å²) in [5.41, 5.74) is 0.815. The van der Waals surface area contributed by atoms with Gasteiger partial charge in [-0.05, 0) is 39.2 Å². The topological polar surface area (TPSA) is 69.9 Å². The van der Waals surface area contributed by atoms with Gasteiger partial charge in [0.05, 0.1) is 0 Å². The molecule has 0 saturated heterocycles. The molecule has 19 heavy (non-hydrogen) atoms. The minimum absolute atomic E-state index is 0.181. The Morgan fingerprint density at radius 3 is 2.95 bits per heavy atom. The van der Waals surface area contributed by atoms with Crippen LogP contribution in [0.15, 0.2) is 24.4 Å². The van der Waals surface area contributed by atoms with E-state index in [1.165, 1.54) is 0 Å². The molecule has 2 rings (SSSR count). The number of anilines is 1. The molecule has 6 heteroatoms. The van der Waals surface area contributed by atoms with Crippen LogP contribution < -0.4 is 5.32 Å². The molecule has 0 amide bonds. The van der Waals surface area contributed by atoms with Gasteiger partial charge in [0.25, 0.3) is 0 Å². The van der Waals surface area contributed by atoms with Crippen molar-refractivity contribution in [1.82, 2.24) is 14.3 Å². The highest BCUT2D eigenvalue weighted by molar-refractivity contribution is 5.92. The fraction of sp³-hybridized carbons (Fsp3) is 0.385. The van der Waals surface area contributed by atoms with Gasteiger partial charge in [-0.2, -0.15) is 0 Å². The summed E-state index contributed by atoms with van der Waals surface area (Å²) < 4.78 is 1.58. The third-order valence-electron chi connectivity index (χ3n) is 2.81. The standard InChI is InChI=1S/C13H18N4O2/c1-16(2)8-5-7-14-12-11(13(18)19)17-9-4-3-6-10(17)15-12/h3-4,6,9,14H,5,7-8H2,1-2H3,(H,18,19). The van der Waals surface area contributed by atoms with Crippen molar-refractivity contribution in [2.45, 2.75) is 6.42 Å². The van der Waals surface area contributed by atoms with E-state index in [0.717, 1.165) is 13.0 Å². The van der Waals surface area contributed by atoms with E-state index >= 15 is 0 Å². The number of carboxylic acids is 1. The normalized spacial score (nSPS) is 11.1. The monoisotopic (exact) mass is 262 g/mol. The number of aromatic carboxylic acids is 1. The molecule has 2 heterocycles. The van der Waals surface area contributed by atoms with E-state index in [4.69, 9.17) is 0 Å². The van der Waals surface area contributed by atoms with Gasteiger partial charge in [0.2, 0.25) is 0 Å². The second-order valence-corrected chi connectivity index (χ2v) is 4.63. The predicted molar refractivity (Wildman–Crippen MR) is 73.8 cm³/mol. The number of rotatable bonds is 6. The first-order chi connectivity index (χ1) is 9.09. The maximum absolute atomic E-state index is 11.3. The number of pyridine rings is 1. The number of hydrogen-bond donors (Lipinski definition) is 2. The molecule has 2 aromatic heterocycles. The third-order valence-corrected chi connectivity index (χ3v) is 2.81. The van der Waals surface area contributed by atoms with Gasteiger partial charge in [0, 0.05) is 12.7 Å². The first-order valence-corrected chi connectivity index (χ1v) is 6.18. The van der Waals surface area contributed by atoms with E-state index in [1.807, 2.05) is 20.2 Å². The summed E-state index contributed by atoms with van der Waals surface area (Å²) in [4.78, 5) is 17.7. The predicted octanol–water partition coefficient (Wildman–Crippen LogP) is 1.40. The first kappa shape index (κ1) is 13.4. The molecular weight excluding hydrogens is 244 g/mol. The molecule has 102 valence electrons. The molecule has 0 atom stereocenters. The van der Waals surface area contributed by atoms with Gasteiger partial charge in [-0.1, -0.05) is 6.07 Å². The molecule has 0 aliphatic heterocycles. The molecule has 6 nitrogen and oxygen atoms in total. The van der Waals surface area contributed by atoms with Gasteiger partial charge >= 0.3 is 5.97 Å². The Hall–Kier alpha value is -2.08. The quantitative estimate of drug-likeness (QED) is 0.770. The average Bonchev–Trinajstić information content (AvgIpc) is 2.72. The SMILES string of the molecule is CN(C)CCCNc1nc2ccccn2c1C(=O)O. The number of imidazole rings is 1. The van der Waals surface area contributed by atoms with Crippen molar-refractivity contribution in [3.63, 3.8) is 0 Å². The fourth-order valence-electron chi connectivity index (χ4n) is 1.93. The van der Waals surface area contributed by atoms with Crippen molar-refractivity contribution in [1.29, 1.82) is 0 Å². The smallest absolute Gasteiger partial charge is 0.356 e. The summed E-state index contributed by atoms with van der Waals surface area (Å²) in [6.45, 7) is 1.64. The summed E-state index contributed by atoms with van der Waals surface area (Å²) in [7, 11) is 4.02. The molecule has 0 aliphatic rings. The van der Waals surface area contributed by atoms with Crippen molar-refractivity contribution >= 4 is 17.4 Å². The fourth-order valence-corrected chi connectivity index (χ4v) is 1.93. The minimum atomic E-state index is -0.978. The molecule has 0 unspecified atom stereocenters. The van der Waals surface area contributed by atoms with Crippen LogP contribution in [0.3, 0.4) is 0 Å². The summed E-state index contributed by atoms with van der Waals surface area (Å²) in [6, 6.07) is 5.41. The number of nitrogens with zero attached hydrogens (tertiary/aromatic N) is 3. The summed E-state index contributed by atoms with van der Waals surface area (Å²) in [5, 5.41) is 12.4. The number of carbonyl (C=O) groups is 1. The molecule has 0 aliphatic carbocycles. The van der Waals surface area contributed by atoms with Crippen LogP contribution in [0, 0.1) is 0 Å². The number of fused-ring (bicyclic) bond motifs is 1. The highest BCUT2D eigenvalue weighted by Gasteiger charge is 2.17. The highest BCUT2D eigenvalue weighted by atomic mass is 16.4. The Morgan fingerprint density at radius 1 is 1.47 bits per heavy atom. The lowest BCUT2D eigenvalue weighted by atomic mass is 10.3. The first-order valence-electron chi connectivity index (χ1n) is 6.18. The zero-order chi connectivity index (χ0) is 13.8. The molecule has 0 radical (unpaired) electrons. The molecular formula is C13H18N4O2. The molecule has 2 N–H and O–H groups in total. The van der Waals surface area contributed by atoms with Gasteiger partial charge in [-0.25, -0.2) is 9.78 Å². The largest absolute Gasteiger partial charge is 0.476 e. The lowest BCUT2D eigenvalue weighted by Crippen LogP contribution is -2.17. The Morgan fingerprint density at radius 2 is 2.26 bits per heavy atom. The Labute approximate surface area is 111 Å². The van der Waals surface area contributed by atoms with E-state index in [9.17, 15) is 9.90 Å². The van der Waals surface area contributed by atoms with Crippen LogP contribution in [0.5, 0.6) is 0 Å². The van der Waals surface area contributed by atoms with Crippen molar-refractivity contribution in [2.75, 3.05) is 32.5 Å². The lowest BCUT2D eigenvalue weighted by Gasteiger charge is -2.09. The average molecular weight is 262 g/mol. The van der Waals surface area contributed by atoms with Crippen LogP contribution in [-0.2, 0) is 0 Å². The number of nitrogens with one attached hydrogen (secondary N) is 1. The molecule has 0 fully saturated rings. The summed E-state index contributed by atoms with van der Waals surface area (Å²) in [6.07, 6.45) is 2.64. The Bertz CT molecular complexity index is 577. The van der Waals surface area contributed by atoms with Crippen LogP contribution in [0.25, 0.3) is 5.65 Å². The van der Waals surface area contributed by atoms with Gasteiger partial charge in [0.15, 0.2) is 11.5 Å². The zero-order valence-electron chi connectivity index (χ0n) is 11.1. The van der Waals surface area contributed by atoms with E-state index in [1.54, 1.807) is 22.7 Å². The van der Waals surface area contributed by atoms with Gasteiger partial charge in [0.1, 0.15) is 5.65 Å². The molecule has 0 saturated carbocycles. The van der Waals surface area contributed by atoms with E-state index in [0.29, 0.717) is 18.0 Å². The maximum Gasteiger partial charge on any atom is 0.356 e. The van der Waals surface area contributed by atoms with Gasteiger partial charge in [-0.15, -0.1) is 0 Å². The van der Waals surface area contributed by atoms with E-state index in [-0.39, 0.29) is 5.69 Å². The number of carboxylic acid groups (broad SMARTS) is 1. The molecule has 0 aromatic carbocycles. The van der Waals surface area contributed by atoms with E-state index in [2.05, 4.69) is 15.2 Å². The van der Waals surface area contributed by atoms with Crippen molar-refractivity contribution in [2.24, 2.45) is 0 Å². The Balaban J connectivity index is 2.17. The lowest BCUT2D eigenvalue weighted by molar-refractivity contribution is 0.0690. The minimum Gasteiger partial charge on any atom is -0.476 e. The second kappa shape index (κ2) is 5.71. The van der Waals surface area contributed by atoms with Crippen LogP contribution in [-0.4, -0.2) is 52.5 Å². The zero-order valence-corrected chi connectivity index (χ0v) is 11.1. The van der Waals surface area contributed by atoms with Crippen molar-refractivity contribution < 1.29 is 9.90 Å². The summed E-state index contributed by atoms with van der Waals surface area (Å²) in [5.74, 6) is -0.550. The third kappa shape index (κ3) is 3.03. The second-order valence-electron chi connectivity index (χ2n) is 4.63. The highest BCUT2D eigenvalue weighted by Crippen LogP contribution is 2.17. The summed E-state index contributed by atoms with van der Waals surface area (Å²) >= 11 is 0. The van der Waals surface area contributed by atoms with Crippen LogP contribution >= 0.6 is 0 Å². The van der Waals surface area contributed by atoms with E-state index < -0.39 is 5.97 Å². The number of aromatic nitrogens is 2. The number of hydrogen-bond acceptors (Lipinski definition) is 4. The van der Waals surface area contributed by atoms with Crippen LogP contribution in [0.4, 0.5) is 5.82 Å². The maximum atomic E-state index is 11.3.